The summed E-state index contributed by atoms with van der Waals surface area (Å²) in [4.78, 5) is 31.3. The highest BCUT2D eigenvalue weighted by atomic mass is 32.1. The third kappa shape index (κ3) is 4.42. The fraction of sp³-hybridized carbons (Fsp3) is 0.391. The van der Waals surface area contributed by atoms with Crippen LogP contribution in [-0.4, -0.2) is 36.1 Å². The fourth-order valence-corrected chi connectivity index (χ4v) is 6.08. The zero-order chi connectivity index (χ0) is 25.0. The molecule has 0 aliphatic carbocycles. The van der Waals surface area contributed by atoms with Gasteiger partial charge in [-0.3, -0.25) is 14.9 Å². The van der Waals surface area contributed by atoms with Crippen LogP contribution in [0.25, 0.3) is 10.1 Å². The molecule has 1 aromatic heterocycles. The summed E-state index contributed by atoms with van der Waals surface area (Å²) in [6, 6.07) is 7.50. The lowest BCUT2D eigenvalue weighted by atomic mass is 9.78. The normalized spacial score (nSPS) is 17.9. The van der Waals surface area contributed by atoms with E-state index in [1.807, 2.05) is 4.90 Å². The summed E-state index contributed by atoms with van der Waals surface area (Å²) in [6.45, 7) is 2.81. The molecule has 184 valence electrons. The minimum Gasteiger partial charge on any atom is -0.371 e. The molecule has 0 amide bonds. The number of nitro benzene ring substituents is 1. The highest BCUT2D eigenvalue weighted by Gasteiger charge is 2.41. The first-order valence-electron chi connectivity index (χ1n) is 11.0. The third-order valence-corrected chi connectivity index (χ3v) is 8.10. The third-order valence-electron chi connectivity index (χ3n) is 6.94. The molecule has 2 aliphatic rings. The monoisotopic (exact) mass is 508 g/mol. The van der Waals surface area contributed by atoms with Crippen molar-refractivity contribution in [1.29, 1.82) is 0 Å². The van der Waals surface area contributed by atoms with Crippen molar-refractivity contribution in [2.45, 2.75) is 25.4 Å². The molecular formula is C23H20F4N4O3S. The summed E-state index contributed by atoms with van der Waals surface area (Å²) in [5, 5.41) is 11.4. The standard InChI is InChI=1S/C23H20F4N4O3S/c24-15-1-3-16(4-2-15)30-10-7-22(13-30)5-8-29(9-6-22)21-28-20(32)17-11-14(23(25,26)27)12-18(31(33)34)19(17)35-21/h1-4,11-12H,5-10,13H2. The number of nitro groups is 1. The molecule has 7 nitrogen and oxygen atoms in total. The Balaban J connectivity index is 1.38. The van der Waals surface area contributed by atoms with Crippen LogP contribution in [0.15, 0.2) is 41.2 Å². The lowest BCUT2D eigenvalue weighted by Crippen LogP contribution is -2.42. The van der Waals surface area contributed by atoms with Crippen LogP contribution in [0.3, 0.4) is 0 Å². The molecule has 0 N–H and O–H groups in total. The van der Waals surface area contributed by atoms with Gasteiger partial charge in [0.05, 0.1) is 15.9 Å². The van der Waals surface area contributed by atoms with Gasteiger partial charge in [0.15, 0.2) is 5.13 Å². The molecule has 3 aromatic rings. The highest BCUT2D eigenvalue weighted by molar-refractivity contribution is 7.22. The van der Waals surface area contributed by atoms with Crippen LogP contribution in [-0.2, 0) is 6.18 Å². The maximum Gasteiger partial charge on any atom is 0.416 e. The summed E-state index contributed by atoms with van der Waals surface area (Å²) >= 11 is 0.871. The number of alkyl halides is 3. The Labute approximate surface area is 200 Å². The van der Waals surface area contributed by atoms with E-state index in [0.29, 0.717) is 25.2 Å². The van der Waals surface area contributed by atoms with Crippen molar-refractivity contribution in [3.05, 3.63) is 68.2 Å². The van der Waals surface area contributed by atoms with Gasteiger partial charge in [-0.2, -0.15) is 18.2 Å². The SMILES string of the molecule is O=c1nc(N2CCC3(CCN(c4ccc(F)cc4)C3)CC2)sc2c([N+](=O)[O-])cc(C(F)(F)F)cc12. The maximum absolute atomic E-state index is 13.3. The van der Waals surface area contributed by atoms with Crippen molar-refractivity contribution in [2.75, 3.05) is 36.0 Å². The minimum absolute atomic E-state index is 0.0559. The van der Waals surface area contributed by atoms with E-state index in [1.54, 1.807) is 12.1 Å². The first-order valence-corrected chi connectivity index (χ1v) is 11.8. The molecule has 2 aromatic carbocycles. The van der Waals surface area contributed by atoms with Crippen LogP contribution in [0.5, 0.6) is 0 Å². The van der Waals surface area contributed by atoms with Gasteiger partial charge in [0, 0.05) is 37.9 Å². The van der Waals surface area contributed by atoms with Crippen LogP contribution in [0.1, 0.15) is 24.8 Å². The molecule has 2 aliphatic heterocycles. The molecule has 5 rings (SSSR count). The van der Waals surface area contributed by atoms with Crippen molar-refractivity contribution in [2.24, 2.45) is 5.41 Å². The summed E-state index contributed by atoms with van der Waals surface area (Å²) in [6.07, 6.45) is -2.24. The molecule has 0 saturated carbocycles. The largest absolute Gasteiger partial charge is 0.416 e. The van der Waals surface area contributed by atoms with Crippen molar-refractivity contribution in [1.82, 2.24) is 4.98 Å². The van der Waals surface area contributed by atoms with Crippen LogP contribution in [0, 0.1) is 21.3 Å². The Morgan fingerprint density at radius 1 is 1.03 bits per heavy atom. The number of hydrogen-bond acceptors (Lipinski definition) is 7. The van der Waals surface area contributed by atoms with Gasteiger partial charge in [-0.1, -0.05) is 11.3 Å². The van der Waals surface area contributed by atoms with E-state index < -0.39 is 33.3 Å². The number of halogens is 4. The predicted molar refractivity (Wildman–Crippen MR) is 125 cm³/mol. The molecule has 0 atom stereocenters. The molecule has 3 heterocycles. The van der Waals surface area contributed by atoms with Gasteiger partial charge in [0.25, 0.3) is 11.2 Å². The summed E-state index contributed by atoms with van der Waals surface area (Å²) in [5.74, 6) is -0.285. The van der Waals surface area contributed by atoms with Crippen LogP contribution < -0.4 is 15.4 Å². The number of aromatic nitrogens is 1. The molecule has 2 fully saturated rings. The summed E-state index contributed by atoms with van der Waals surface area (Å²) in [7, 11) is 0. The van der Waals surface area contributed by atoms with Crippen LogP contribution in [0.4, 0.5) is 34.1 Å². The van der Waals surface area contributed by atoms with E-state index in [-0.39, 0.29) is 21.1 Å². The Kier molecular flexibility index (Phi) is 5.65. The Morgan fingerprint density at radius 2 is 1.66 bits per heavy atom. The van der Waals surface area contributed by atoms with Gasteiger partial charge in [-0.05, 0) is 55.0 Å². The number of nitrogens with zero attached hydrogens (tertiary/aromatic N) is 4. The van der Waals surface area contributed by atoms with E-state index in [9.17, 15) is 32.5 Å². The molecule has 35 heavy (non-hydrogen) atoms. The van der Waals surface area contributed by atoms with Crippen molar-refractivity contribution in [3.8, 4) is 0 Å². The summed E-state index contributed by atoms with van der Waals surface area (Å²) < 4.78 is 52.7. The van der Waals surface area contributed by atoms with Gasteiger partial charge in [0.1, 0.15) is 10.5 Å². The lowest BCUT2D eigenvalue weighted by molar-refractivity contribution is -0.383. The second kappa shape index (κ2) is 8.43. The van der Waals surface area contributed by atoms with Crippen molar-refractivity contribution < 1.29 is 22.5 Å². The van der Waals surface area contributed by atoms with E-state index in [1.165, 1.54) is 12.1 Å². The van der Waals surface area contributed by atoms with Crippen molar-refractivity contribution >= 4 is 37.9 Å². The first kappa shape index (κ1) is 23.5. The fourth-order valence-electron chi connectivity index (χ4n) is 4.96. The Bertz CT molecular complexity index is 1350. The molecule has 0 bridgehead atoms. The second-order valence-corrected chi connectivity index (χ2v) is 10.0. The molecule has 1 spiro atoms. The van der Waals surface area contributed by atoms with Gasteiger partial charge in [-0.25, -0.2) is 4.39 Å². The number of anilines is 2. The van der Waals surface area contributed by atoms with Gasteiger partial charge in [0.2, 0.25) is 0 Å². The number of non-ortho nitro benzene ring substituents is 1. The summed E-state index contributed by atoms with van der Waals surface area (Å²) in [5.41, 5.74) is -1.89. The predicted octanol–water partition coefficient (Wildman–Crippen LogP) is 5.22. The molecular weight excluding hydrogens is 488 g/mol. The number of rotatable bonds is 3. The smallest absolute Gasteiger partial charge is 0.371 e. The van der Waals surface area contributed by atoms with E-state index in [4.69, 9.17) is 0 Å². The Hall–Kier alpha value is -3.28. The van der Waals surface area contributed by atoms with Crippen LogP contribution >= 0.6 is 11.3 Å². The first-order chi connectivity index (χ1) is 16.5. The number of piperidine rings is 1. The van der Waals surface area contributed by atoms with E-state index in [0.717, 1.165) is 49.4 Å². The van der Waals surface area contributed by atoms with Crippen molar-refractivity contribution in [3.63, 3.8) is 0 Å². The van der Waals surface area contributed by atoms with Gasteiger partial charge < -0.3 is 9.80 Å². The quantitative estimate of drug-likeness (QED) is 0.274. The number of benzene rings is 2. The number of fused-ring (bicyclic) bond motifs is 1. The molecule has 12 heteroatoms. The lowest BCUT2D eigenvalue weighted by Gasteiger charge is -2.39. The second-order valence-electron chi connectivity index (χ2n) is 9.06. The average Bonchev–Trinajstić information content (AvgIpc) is 3.22. The van der Waals surface area contributed by atoms with Gasteiger partial charge in [-0.15, -0.1) is 0 Å². The number of hydrogen-bond donors (Lipinski definition) is 0. The van der Waals surface area contributed by atoms with E-state index >= 15 is 0 Å². The van der Waals surface area contributed by atoms with Crippen LogP contribution in [0.2, 0.25) is 0 Å². The molecule has 0 radical (unpaired) electrons. The maximum atomic E-state index is 13.3. The zero-order valence-corrected chi connectivity index (χ0v) is 19.2. The van der Waals surface area contributed by atoms with E-state index in [2.05, 4.69) is 9.88 Å². The minimum atomic E-state index is -4.82. The molecule has 0 unspecified atom stereocenters. The Morgan fingerprint density at radius 3 is 2.26 bits per heavy atom. The van der Waals surface area contributed by atoms with Gasteiger partial charge >= 0.3 is 6.18 Å². The average molecular weight is 508 g/mol. The zero-order valence-electron chi connectivity index (χ0n) is 18.3. The highest BCUT2D eigenvalue weighted by Crippen LogP contribution is 2.44. The topological polar surface area (TPSA) is 79.6 Å². The molecule has 2 saturated heterocycles.